The zero-order valence-electron chi connectivity index (χ0n) is 17.3. The van der Waals surface area contributed by atoms with Gasteiger partial charge in [-0.2, -0.15) is 0 Å². The summed E-state index contributed by atoms with van der Waals surface area (Å²) in [7, 11) is 0. The smallest absolute Gasteiger partial charge is 0.338 e. The number of thioether (sulfide) groups is 1. The summed E-state index contributed by atoms with van der Waals surface area (Å²) in [5.74, 6) is -0.717. The fraction of sp³-hybridized carbons (Fsp3) is 0.217. The Hall–Kier alpha value is -2.49. The number of nitrogens with zero attached hydrogens (tertiary/aromatic N) is 1. The summed E-state index contributed by atoms with van der Waals surface area (Å²) in [5.41, 5.74) is 1.93. The van der Waals surface area contributed by atoms with Crippen LogP contribution in [-0.2, 0) is 14.3 Å². The zero-order valence-corrected chi connectivity index (χ0v) is 20.5. The standard InChI is InChI=1S/C23H21BrN2O4S2/c1-2-30-22(29)16-7-11-18(12-8-16)25-20(27)4-3-13-26-21(28)19(32-23(26)31)14-15-5-9-17(24)10-6-15/h5-12,14H,2-4,13H2,1H3,(H,25,27)/b19-14-. The van der Waals surface area contributed by atoms with Crippen molar-refractivity contribution in [2.45, 2.75) is 19.8 Å². The quantitative estimate of drug-likeness (QED) is 0.284. The van der Waals surface area contributed by atoms with Crippen molar-refractivity contribution in [1.82, 2.24) is 4.90 Å². The SMILES string of the molecule is CCOC(=O)c1ccc(NC(=O)CCCN2C(=O)/C(=C/c3ccc(Br)cc3)SC2=S)cc1. The van der Waals surface area contributed by atoms with Crippen LogP contribution in [0.3, 0.4) is 0 Å². The summed E-state index contributed by atoms with van der Waals surface area (Å²) in [6, 6.07) is 14.2. The molecule has 1 fully saturated rings. The molecule has 2 aromatic carbocycles. The van der Waals surface area contributed by atoms with E-state index in [0.29, 0.717) is 40.0 Å². The summed E-state index contributed by atoms with van der Waals surface area (Å²) in [5, 5.41) is 2.79. The van der Waals surface area contributed by atoms with E-state index in [1.54, 1.807) is 31.2 Å². The molecule has 1 aliphatic rings. The second-order valence-electron chi connectivity index (χ2n) is 6.83. The van der Waals surface area contributed by atoms with Crippen molar-refractivity contribution < 1.29 is 19.1 Å². The van der Waals surface area contributed by atoms with Crippen LogP contribution in [0, 0.1) is 0 Å². The summed E-state index contributed by atoms with van der Waals surface area (Å²) >= 11 is 10.0. The van der Waals surface area contributed by atoms with Crippen molar-refractivity contribution in [1.29, 1.82) is 0 Å². The number of benzene rings is 2. The molecule has 0 bridgehead atoms. The van der Waals surface area contributed by atoms with E-state index in [9.17, 15) is 14.4 Å². The van der Waals surface area contributed by atoms with E-state index in [-0.39, 0.29) is 18.2 Å². The number of nitrogens with one attached hydrogen (secondary N) is 1. The van der Waals surface area contributed by atoms with Crippen molar-refractivity contribution in [3.05, 3.63) is 69.0 Å². The molecule has 6 nitrogen and oxygen atoms in total. The maximum atomic E-state index is 12.7. The molecule has 0 saturated carbocycles. The van der Waals surface area contributed by atoms with Crippen LogP contribution in [0.4, 0.5) is 5.69 Å². The largest absolute Gasteiger partial charge is 0.462 e. The normalized spacial score (nSPS) is 14.7. The summed E-state index contributed by atoms with van der Waals surface area (Å²) in [4.78, 5) is 38.7. The third-order valence-electron chi connectivity index (χ3n) is 4.51. The maximum absolute atomic E-state index is 12.7. The number of esters is 1. The maximum Gasteiger partial charge on any atom is 0.338 e. The number of carbonyl (C=O) groups is 3. The predicted molar refractivity (Wildman–Crippen MR) is 134 cm³/mol. The first-order valence-electron chi connectivity index (χ1n) is 9.95. The van der Waals surface area contributed by atoms with Crippen LogP contribution in [-0.4, -0.2) is 40.2 Å². The van der Waals surface area contributed by atoms with Gasteiger partial charge in [-0.3, -0.25) is 14.5 Å². The van der Waals surface area contributed by atoms with Gasteiger partial charge in [-0.15, -0.1) is 0 Å². The number of rotatable bonds is 8. The average Bonchev–Trinajstić information content (AvgIpc) is 3.03. The molecular formula is C23H21BrN2O4S2. The summed E-state index contributed by atoms with van der Waals surface area (Å²) < 4.78 is 6.40. The molecule has 0 radical (unpaired) electrons. The molecule has 0 aromatic heterocycles. The van der Waals surface area contributed by atoms with Gasteiger partial charge in [0.05, 0.1) is 17.1 Å². The number of amides is 2. The Bertz CT molecular complexity index is 1050. The highest BCUT2D eigenvalue weighted by atomic mass is 79.9. The molecule has 0 atom stereocenters. The highest BCUT2D eigenvalue weighted by Crippen LogP contribution is 2.32. The Kier molecular flexibility index (Phi) is 8.60. The van der Waals surface area contributed by atoms with Crippen LogP contribution >= 0.6 is 39.9 Å². The van der Waals surface area contributed by atoms with Gasteiger partial charge in [0.2, 0.25) is 5.91 Å². The van der Waals surface area contributed by atoms with Crippen LogP contribution in [0.1, 0.15) is 35.7 Å². The second kappa shape index (κ2) is 11.4. The van der Waals surface area contributed by atoms with Gasteiger partial charge in [0.25, 0.3) is 5.91 Å². The van der Waals surface area contributed by atoms with Gasteiger partial charge < -0.3 is 10.1 Å². The lowest BCUT2D eigenvalue weighted by Crippen LogP contribution is -2.29. The second-order valence-corrected chi connectivity index (χ2v) is 9.43. The highest BCUT2D eigenvalue weighted by molar-refractivity contribution is 9.10. The molecule has 0 spiro atoms. The predicted octanol–water partition coefficient (Wildman–Crippen LogP) is 5.25. The van der Waals surface area contributed by atoms with E-state index in [4.69, 9.17) is 17.0 Å². The van der Waals surface area contributed by atoms with Crippen molar-refractivity contribution in [3.8, 4) is 0 Å². The fourth-order valence-electron chi connectivity index (χ4n) is 2.93. The molecule has 2 aromatic rings. The molecule has 1 N–H and O–H groups in total. The molecule has 9 heteroatoms. The van der Waals surface area contributed by atoms with E-state index >= 15 is 0 Å². The highest BCUT2D eigenvalue weighted by Gasteiger charge is 2.31. The van der Waals surface area contributed by atoms with E-state index in [2.05, 4.69) is 21.2 Å². The van der Waals surface area contributed by atoms with E-state index in [1.165, 1.54) is 16.7 Å². The number of hydrogen-bond donors (Lipinski definition) is 1. The Labute approximate surface area is 204 Å². The monoisotopic (exact) mass is 532 g/mol. The Balaban J connectivity index is 1.48. The number of hydrogen-bond acceptors (Lipinski definition) is 6. The van der Waals surface area contributed by atoms with Gasteiger partial charge in [0.1, 0.15) is 4.32 Å². The van der Waals surface area contributed by atoms with Gasteiger partial charge in [-0.1, -0.05) is 52.0 Å². The number of anilines is 1. The Morgan fingerprint density at radius 3 is 2.50 bits per heavy atom. The number of ether oxygens (including phenoxy) is 1. The lowest BCUT2D eigenvalue weighted by atomic mass is 10.2. The number of carbonyl (C=O) groups excluding carboxylic acids is 3. The molecule has 166 valence electrons. The van der Waals surface area contributed by atoms with Crippen LogP contribution < -0.4 is 5.32 Å². The van der Waals surface area contributed by atoms with Crippen molar-refractivity contribution in [3.63, 3.8) is 0 Å². The average molecular weight is 533 g/mol. The third kappa shape index (κ3) is 6.51. The van der Waals surface area contributed by atoms with Crippen LogP contribution in [0.15, 0.2) is 57.9 Å². The lowest BCUT2D eigenvalue weighted by Gasteiger charge is -2.14. The molecule has 1 saturated heterocycles. The van der Waals surface area contributed by atoms with Crippen LogP contribution in [0.2, 0.25) is 0 Å². The minimum absolute atomic E-state index is 0.141. The zero-order chi connectivity index (χ0) is 23.1. The number of thiocarbonyl (C=S) groups is 1. The number of halogens is 1. The van der Waals surface area contributed by atoms with Crippen molar-refractivity contribution >= 4 is 73.8 Å². The van der Waals surface area contributed by atoms with Crippen molar-refractivity contribution in [2.75, 3.05) is 18.5 Å². The minimum atomic E-state index is -0.400. The van der Waals surface area contributed by atoms with Crippen LogP contribution in [0.5, 0.6) is 0 Å². The molecular weight excluding hydrogens is 512 g/mol. The first-order valence-corrected chi connectivity index (χ1v) is 12.0. The fourth-order valence-corrected chi connectivity index (χ4v) is 4.50. The molecule has 0 unspecified atom stereocenters. The van der Waals surface area contributed by atoms with Crippen LogP contribution in [0.25, 0.3) is 6.08 Å². The van der Waals surface area contributed by atoms with E-state index in [0.717, 1.165) is 10.0 Å². The van der Waals surface area contributed by atoms with Gasteiger partial charge in [-0.25, -0.2) is 4.79 Å². The molecule has 0 aliphatic carbocycles. The summed E-state index contributed by atoms with van der Waals surface area (Å²) in [6.07, 6.45) is 2.53. The molecule has 1 aliphatic heterocycles. The Morgan fingerprint density at radius 2 is 1.84 bits per heavy atom. The topological polar surface area (TPSA) is 75.7 Å². The first-order chi connectivity index (χ1) is 15.4. The molecule has 2 amide bonds. The summed E-state index contributed by atoms with van der Waals surface area (Å²) in [6.45, 7) is 2.42. The Morgan fingerprint density at radius 1 is 1.16 bits per heavy atom. The van der Waals surface area contributed by atoms with Crippen molar-refractivity contribution in [2.24, 2.45) is 0 Å². The van der Waals surface area contributed by atoms with E-state index in [1.807, 2.05) is 30.3 Å². The molecule has 32 heavy (non-hydrogen) atoms. The van der Waals surface area contributed by atoms with Gasteiger partial charge in [0.15, 0.2) is 0 Å². The van der Waals surface area contributed by atoms with E-state index < -0.39 is 5.97 Å². The van der Waals surface area contributed by atoms with Gasteiger partial charge >= 0.3 is 5.97 Å². The first kappa shape index (κ1) is 24.2. The van der Waals surface area contributed by atoms with Gasteiger partial charge in [0, 0.05) is 23.1 Å². The van der Waals surface area contributed by atoms with Gasteiger partial charge in [-0.05, 0) is 61.4 Å². The molecule has 1 heterocycles. The third-order valence-corrected chi connectivity index (χ3v) is 6.41. The molecule has 3 rings (SSSR count). The minimum Gasteiger partial charge on any atom is -0.462 e. The lowest BCUT2D eigenvalue weighted by molar-refractivity contribution is -0.122.